The van der Waals surface area contributed by atoms with Gasteiger partial charge in [-0.05, 0) is 5.97 Å². The van der Waals surface area contributed by atoms with Gasteiger partial charge in [0.2, 0.25) is 0 Å². The van der Waals surface area contributed by atoms with E-state index in [0.717, 1.165) is 4.47 Å². The molecule has 0 atom stereocenters. The van der Waals surface area contributed by atoms with Gasteiger partial charge in [0, 0.05) is 0 Å². The maximum atomic E-state index is 10.2. The van der Waals surface area contributed by atoms with E-state index < -0.39 is 5.97 Å². The van der Waals surface area contributed by atoms with Crippen LogP contribution in [0.25, 0.3) is 0 Å². The molecule has 0 aliphatic rings. The van der Waals surface area contributed by atoms with Crippen LogP contribution in [-0.2, 0) is 0 Å². The average Bonchev–Trinajstić information content (AvgIpc) is 1.88. The van der Waals surface area contributed by atoms with Gasteiger partial charge in [-0.25, -0.2) is 0 Å². The van der Waals surface area contributed by atoms with Gasteiger partial charge in [-0.3, -0.25) is 0 Å². The first kappa shape index (κ1) is 14.9. The number of carbonyl (C=O) groups excluding carboxylic acids is 1. The second-order valence-electron chi connectivity index (χ2n) is 1.71. The Labute approximate surface area is 103 Å². The SMILES string of the molecule is O=C([O-])c1[c-]cc(Br)cc1.[Li+].[Li+]. The third kappa shape index (κ3) is 4.41. The molecule has 0 saturated carbocycles. The number of benzene rings is 1. The second-order valence-corrected chi connectivity index (χ2v) is 2.62. The number of carboxylic acids is 1. The van der Waals surface area contributed by atoms with E-state index >= 15 is 0 Å². The van der Waals surface area contributed by atoms with Crippen LogP contribution >= 0.6 is 15.9 Å². The summed E-state index contributed by atoms with van der Waals surface area (Å²) in [5.41, 5.74) is 0.0724. The summed E-state index contributed by atoms with van der Waals surface area (Å²) < 4.78 is 0.803. The molecule has 0 radical (unpaired) electrons. The van der Waals surface area contributed by atoms with Crippen LogP contribution in [0.15, 0.2) is 22.7 Å². The molecule has 0 aromatic heterocycles. The standard InChI is InChI=1S/C7H4BrO2.2Li/c8-6-3-1-5(2-4-6)7(9)10;;/h1,3-4H,(H,9,10);;/q-1;2*+1/p-1. The number of carbonyl (C=O) groups is 1. The molecule has 1 aromatic carbocycles. The van der Waals surface area contributed by atoms with Gasteiger partial charge < -0.3 is 9.90 Å². The van der Waals surface area contributed by atoms with Gasteiger partial charge in [-0.1, -0.05) is 4.47 Å². The van der Waals surface area contributed by atoms with Crippen molar-refractivity contribution >= 4 is 21.9 Å². The number of halogens is 1. The quantitative estimate of drug-likeness (QED) is 0.345. The molecule has 0 bridgehead atoms. The minimum absolute atomic E-state index is 0. The van der Waals surface area contributed by atoms with Gasteiger partial charge in [0.15, 0.2) is 0 Å². The van der Waals surface area contributed by atoms with E-state index in [9.17, 15) is 9.90 Å². The zero-order chi connectivity index (χ0) is 7.56. The number of rotatable bonds is 1. The maximum absolute atomic E-state index is 10.2. The molecule has 52 valence electrons. The van der Waals surface area contributed by atoms with Crippen molar-refractivity contribution in [1.29, 1.82) is 0 Å². The molecule has 1 aromatic rings. The van der Waals surface area contributed by atoms with Gasteiger partial charge in [0.1, 0.15) is 0 Å². The van der Waals surface area contributed by atoms with E-state index in [-0.39, 0.29) is 43.3 Å². The molecule has 0 fully saturated rings. The summed E-state index contributed by atoms with van der Waals surface area (Å²) in [5, 5.41) is 10.2. The first-order valence-electron chi connectivity index (χ1n) is 2.59. The van der Waals surface area contributed by atoms with Crippen LogP contribution in [0, 0.1) is 6.07 Å². The topological polar surface area (TPSA) is 40.1 Å². The van der Waals surface area contributed by atoms with Crippen molar-refractivity contribution in [2.24, 2.45) is 0 Å². The van der Waals surface area contributed by atoms with Gasteiger partial charge in [0.05, 0.1) is 0 Å². The van der Waals surface area contributed by atoms with Crippen molar-refractivity contribution in [1.82, 2.24) is 0 Å². The molecule has 0 unspecified atom stereocenters. The molecule has 1 rings (SSSR count). The molecule has 0 N–H and O–H groups in total. The summed E-state index contributed by atoms with van der Waals surface area (Å²) in [4.78, 5) is 10.2. The molecular weight excluding hydrogens is 210 g/mol. The fraction of sp³-hybridized carbons (Fsp3) is 0. The Balaban J connectivity index is 0. The smallest absolute Gasteiger partial charge is 0.603 e. The zero-order valence-corrected chi connectivity index (χ0v) is 8.51. The summed E-state index contributed by atoms with van der Waals surface area (Å²) >= 11 is 3.15. The van der Waals surface area contributed by atoms with E-state index in [1.54, 1.807) is 6.07 Å². The minimum atomic E-state index is -1.20. The van der Waals surface area contributed by atoms with Crippen molar-refractivity contribution in [2.75, 3.05) is 0 Å². The van der Waals surface area contributed by atoms with Crippen LogP contribution in [0.3, 0.4) is 0 Å². The summed E-state index contributed by atoms with van der Waals surface area (Å²) in [5.74, 6) is -1.20. The molecular formula is C7H3BrLi2O2. The van der Waals surface area contributed by atoms with Gasteiger partial charge >= 0.3 is 37.7 Å². The molecule has 0 saturated heterocycles. The van der Waals surface area contributed by atoms with Crippen molar-refractivity contribution in [3.63, 3.8) is 0 Å². The van der Waals surface area contributed by atoms with Crippen molar-refractivity contribution in [3.8, 4) is 0 Å². The minimum Gasteiger partial charge on any atom is -0.603 e. The van der Waals surface area contributed by atoms with E-state index in [0.29, 0.717) is 0 Å². The Bertz CT molecular complexity index is 248. The Hall–Kier alpha value is 0.365. The van der Waals surface area contributed by atoms with E-state index in [1.807, 2.05) is 0 Å². The van der Waals surface area contributed by atoms with Crippen LogP contribution in [0.1, 0.15) is 10.4 Å². The first-order valence-corrected chi connectivity index (χ1v) is 3.38. The van der Waals surface area contributed by atoms with E-state index in [2.05, 4.69) is 22.0 Å². The Kier molecular flexibility index (Phi) is 8.47. The van der Waals surface area contributed by atoms with Gasteiger partial charge in [-0.2, -0.15) is 0 Å². The van der Waals surface area contributed by atoms with Crippen LogP contribution in [0.5, 0.6) is 0 Å². The summed E-state index contributed by atoms with van der Waals surface area (Å²) in [7, 11) is 0. The van der Waals surface area contributed by atoms with Gasteiger partial charge in [-0.15, -0.1) is 45.8 Å². The molecule has 0 amide bonds. The summed E-state index contributed by atoms with van der Waals surface area (Å²) in [6.07, 6.45) is 0. The van der Waals surface area contributed by atoms with Crippen LogP contribution < -0.4 is 42.8 Å². The van der Waals surface area contributed by atoms with Crippen LogP contribution in [-0.4, -0.2) is 5.97 Å². The fourth-order valence-electron chi connectivity index (χ4n) is 0.533. The third-order valence-electron chi connectivity index (χ3n) is 0.995. The average molecular weight is 213 g/mol. The molecule has 12 heavy (non-hydrogen) atoms. The zero-order valence-electron chi connectivity index (χ0n) is 6.93. The largest absolute Gasteiger partial charge is 1.00 e. The van der Waals surface area contributed by atoms with Crippen molar-refractivity contribution in [3.05, 3.63) is 34.3 Å². The third-order valence-corrected chi connectivity index (χ3v) is 1.49. The number of hydrogen-bond acceptors (Lipinski definition) is 2. The molecule has 0 spiro atoms. The van der Waals surface area contributed by atoms with Crippen LogP contribution in [0.2, 0.25) is 0 Å². The predicted molar refractivity (Wildman–Crippen MR) is 37.3 cm³/mol. The Morgan fingerprint density at radius 1 is 1.42 bits per heavy atom. The van der Waals surface area contributed by atoms with Crippen molar-refractivity contribution in [2.45, 2.75) is 0 Å². The number of hydrogen-bond donors (Lipinski definition) is 0. The molecule has 5 heteroatoms. The van der Waals surface area contributed by atoms with E-state index in [4.69, 9.17) is 0 Å². The van der Waals surface area contributed by atoms with Crippen LogP contribution in [0.4, 0.5) is 0 Å². The molecule has 2 nitrogen and oxygen atoms in total. The monoisotopic (exact) mass is 212 g/mol. The fourth-order valence-corrected chi connectivity index (χ4v) is 0.779. The first-order chi connectivity index (χ1) is 4.70. The molecule has 0 heterocycles. The summed E-state index contributed by atoms with van der Waals surface area (Å²) in [6.45, 7) is 0. The van der Waals surface area contributed by atoms with E-state index in [1.165, 1.54) is 12.1 Å². The number of aromatic carboxylic acids is 1. The normalized spacial score (nSPS) is 7.75. The van der Waals surface area contributed by atoms with Crippen molar-refractivity contribution < 1.29 is 47.6 Å². The molecule has 0 aliphatic heterocycles. The molecule has 0 aliphatic carbocycles. The number of carboxylic acid groups (broad SMARTS) is 1. The Morgan fingerprint density at radius 2 is 2.00 bits per heavy atom. The summed E-state index contributed by atoms with van der Waals surface area (Å²) in [6, 6.07) is 7.12. The maximum Gasteiger partial charge on any atom is 1.00 e. The predicted octanol–water partition coefficient (Wildman–Crippen LogP) is -5.38. The van der Waals surface area contributed by atoms with Gasteiger partial charge in [0.25, 0.3) is 0 Å². The Morgan fingerprint density at radius 3 is 2.33 bits per heavy atom. The second kappa shape index (κ2) is 6.84.